The number of aldehydes is 1. The second kappa shape index (κ2) is 16.8. The minimum atomic E-state index is -0.219. The topological polar surface area (TPSA) is 17.1 Å². The van der Waals surface area contributed by atoms with Gasteiger partial charge in [0.25, 0.3) is 0 Å². The normalized spacial score (nSPS) is 11.6. The van der Waals surface area contributed by atoms with Gasteiger partial charge < -0.3 is 4.79 Å². The van der Waals surface area contributed by atoms with Crippen molar-refractivity contribution >= 4 is 6.29 Å². The molecule has 0 aliphatic carbocycles. The van der Waals surface area contributed by atoms with Gasteiger partial charge in [0.15, 0.2) is 0 Å². The average Bonchev–Trinajstić information content (AvgIpc) is 2.87. The maximum absolute atomic E-state index is 13.4. The molecule has 0 saturated heterocycles. The van der Waals surface area contributed by atoms with Gasteiger partial charge in [-0.15, -0.1) is 0 Å². The molecule has 36 heavy (non-hydrogen) atoms. The molecule has 0 bridgehead atoms. The number of hydrogen-bond acceptors (Lipinski definition) is 1. The molecule has 3 heteroatoms. The molecule has 1 unspecified atom stereocenters. The number of halogens is 2. The first kappa shape index (κ1) is 29.4. The summed E-state index contributed by atoms with van der Waals surface area (Å²) < 4.78 is 26.9. The molecule has 1 nitrogen and oxygen atoms in total. The Morgan fingerprint density at radius 3 is 1.72 bits per heavy atom. The van der Waals surface area contributed by atoms with Crippen LogP contribution in [0, 0.1) is 24.5 Å². The summed E-state index contributed by atoms with van der Waals surface area (Å²) in [7, 11) is 0. The van der Waals surface area contributed by atoms with E-state index < -0.39 is 0 Å². The molecule has 0 heterocycles. The van der Waals surface area contributed by atoms with Crippen LogP contribution in [0.15, 0.2) is 72.8 Å². The summed E-state index contributed by atoms with van der Waals surface area (Å²) in [6.45, 7) is 5.95. The largest absolute Gasteiger partial charge is 0.304 e. The maximum atomic E-state index is 13.4. The van der Waals surface area contributed by atoms with Gasteiger partial charge in [-0.3, -0.25) is 0 Å². The van der Waals surface area contributed by atoms with Gasteiger partial charge in [0.05, 0.1) is 0 Å². The number of hydrogen-bond donors (Lipinski definition) is 0. The summed E-state index contributed by atoms with van der Waals surface area (Å²) in [4.78, 5) is 8.81. The molecular weight excluding hydrogens is 450 g/mol. The highest BCUT2D eigenvalue weighted by Crippen LogP contribution is 2.31. The first-order valence-electron chi connectivity index (χ1n) is 13.4. The molecule has 3 aromatic rings. The van der Waals surface area contributed by atoms with Crippen LogP contribution >= 0.6 is 0 Å². The number of aryl methyl sites for hydroxylation is 1. The lowest BCUT2D eigenvalue weighted by molar-refractivity contribution is -0.106. The number of benzene rings is 3. The van der Waals surface area contributed by atoms with Gasteiger partial charge >= 0.3 is 0 Å². The molecule has 0 aliphatic heterocycles. The molecule has 0 N–H and O–H groups in total. The van der Waals surface area contributed by atoms with Crippen molar-refractivity contribution < 1.29 is 13.6 Å². The van der Waals surface area contributed by atoms with E-state index in [0.717, 1.165) is 36.2 Å². The van der Waals surface area contributed by atoms with Crippen LogP contribution in [0.4, 0.5) is 8.78 Å². The maximum Gasteiger partial charge on any atom is 0.123 e. The Morgan fingerprint density at radius 2 is 1.22 bits per heavy atom. The zero-order valence-electron chi connectivity index (χ0n) is 22.2. The third-order valence-electron chi connectivity index (χ3n) is 6.87. The van der Waals surface area contributed by atoms with Gasteiger partial charge in [-0.2, -0.15) is 0 Å². The first-order valence-corrected chi connectivity index (χ1v) is 13.4. The van der Waals surface area contributed by atoms with E-state index in [0.29, 0.717) is 0 Å². The van der Waals surface area contributed by atoms with Crippen LogP contribution in [0.5, 0.6) is 0 Å². The molecule has 0 saturated carbocycles. The SMILES string of the molecule is CC=O.CCCC(CCCCCCC(c1ccc(F)cc1)c1ccc(F)cc1)Cc1ccccc1C. The summed E-state index contributed by atoms with van der Waals surface area (Å²) in [6.07, 6.45) is 11.6. The second-order valence-corrected chi connectivity index (χ2v) is 9.67. The van der Waals surface area contributed by atoms with Gasteiger partial charge in [0.2, 0.25) is 0 Å². The summed E-state index contributed by atoms with van der Waals surface area (Å²) in [6, 6.07) is 22.3. The predicted octanol–water partition coefficient (Wildman–Crippen LogP) is 9.61. The predicted molar refractivity (Wildman–Crippen MR) is 147 cm³/mol. The number of carbonyl (C=O) groups is 1. The van der Waals surface area contributed by atoms with E-state index >= 15 is 0 Å². The fraction of sp³-hybridized carbons (Fsp3) is 0.424. The van der Waals surface area contributed by atoms with E-state index in [1.165, 1.54) is 87.3 Å². The molecule has 3 rings (SSSR count). The molecule has 0 fully saturated rings. The van der Waals surface area contributed by atoms with E-state index in [4.69, 9.17) is 4.79 Å². The molecule has 3 aromatic carbocycles. The summed E-state index contributed by atoms with van der Waals surface area (Å²) in [5.41, 5.74) is 5.11. The highest BCUT2D eigenvalue weighted by atomic mass is 19.1. The van der Waals surface area contributed by atoms with Crippen molar-refractivity contribution in [3.05, 3.63) is 107 Å². The summed E-state index contributed by atoms with van der Waals surface area (Å²) in [5.74, 6) is 0.509. The van der Waals surface area contributed by atoms with Crippen LogP contribution in [0.3, 0.4) is 0 Å². The Labute approximate surface area is 217 Å². The van der Waals surface area contributed by atoms with Crippen molar-refractivity contribution in [2.24, 2.45) is 5.92 Å². The highest BCUT2D eigenvalue weighted by molar-refractivity contribution is 5.44. The molecule has 194 valence electrons. The van der Waals surface area contributed by atoms with Gasteiger partial charge in [-0.05, 0) is 79.1 Å². The smallest absolute Gasteiger partial charge is 0.123 e. The Morgan fingerprint density at radius 1 is 0.722 bits per heavy atom. The molecule has 0 amide bonds. The Bertz CT molecular complexity index is 949. The minimum Gasteiger partial charge on any atom is -0.304 e. The standard InChI is InChI=1S/C31H38F2.C2H4O/c1-3-10-25(23-28-13-9-8-11-24(28)2)12-6-4-5-7-14-31(26-15-19-29(32)20-16-26)27-17-21-30(33)22-18-27;1-2-3/h8-9,11,13,15-22,25,31H,3-7,10,12,14,23H2,1-2H3;2H,1H3. The van der Waals surface area contributed by atoms with Crippen LogP contribution < -0.4 is 0 Å². The van der Waals surface area contributed by atoms with Crippen molar-refractivity contribution in [3.8, 4) is 0 Å². The zero-order chi connectivity index (χ0) is 26.2. The Hall–Kier alpha value is -2.81. The lowest BCUT2D eigenvalue weighted by Crippen LogP contribution is -2.06. The van der Waals surface area contributed by atoms with Crippen molar-refractivity contribution in [3.63, 3.8) is 0 Å². The van der Waals surface area contributed by atoms with E-state index in [-0.39, 0.29) is 17.6 Å². The Kier molecular flexibility index (Phi) is 13.7. The molecule has 0 aliphatic rings. The average molecular weight is 493 g/mol. The van der Waals surface area contributed by atoms with Crippen molar-refractivity contribution in [2.75, 3.05) is 0 Å². The van der Waals surface area contributed by atoms with E-state index in [1.807, 2.05) is 24.3 Å². The van der Waals surface area contributed by atoms with Crippen molar-refractivity contribution in [1.29, 1.82) is 0 Å². The Balaban J connectivity index is 0.00000145. The molecular formula is C33H42F2O. The van der Waals surface area contributed by atoms with E-state index in [9.17, 15) is 8.78 Å². The van der Waals surface area contributed by atoms with E-state index in [1.54, 1.807) is 0 Å². The van der Waals surface area contributed by atoms with Gasteiger partial charge in [0.1, 0.15) is 17.9 Å². The van der Waals surface area contributed by atoms with Crippen LogP contribution in [0.2, 0.25) is 0 Å². The van der Waals surface area contributed by atoms with Gasteiger partial charge in [-0.25, -0.2) is 8.78 Å². The van der Waals surface area contributed by atoms with Gasteiger partial charge in [0, 0.05) is 5.92 Å². The number of unbranched alkanes of at least 4 members (excludes halogenated alkanes) is 3. The quantitative estimate of drug-likeness (QED) is 0.171. The van der Waals surface area contributed by atoms with E-state index in [2.05, 4.69) is 38.1 Å². The van der Waals surface area contributed by atoms with Crippen LogP contribution in [0.1, 0.15) is 93.4 Å². The highest BCUT2D eigenvalue weighted by Gasteiger charge is 2.15. The fourth-order valence-electron chi connectivity index (χ4n) is 4.96. The lowest BCUT2D eigenvalue weighted by Gasteiger charge is -2.19. The number of carbonyl (C=O) groups excluding carboxylic acids is 1. The fourth-order valence-corrected chi connectivity index (χ4v) is 4.96. The van der Waals surface area contributed by atoms with Crippen LogP contribution in [-0.2, 0) is 11.2 Å². The monoisotopic (exact) mass is 492 g/mol. The lowest BCUT2D eigenvalue weighted by atomic mass is 9.86. The first-order chi connectivity index (χ1) is 17.5. The van der Waals surface area contributed by atoms with Gasteiger partial charge in [-0.1, -0.05) is 100 Å². The zero-order valence-corrected chi connectivity index (χ0v) is 22.2. The third-order valence-corrected chi connectivity index (χ3v) is 6.87. The minimum absolute atomic E-state index is 0.181. The van der Waals surface area contributed by atoms with Crippen molar-refractivity contribution in [2.45, 2.75) is 84.5 Å². The van der Waals surface area contributed by atoms with Crippen molar-refractivity contribution in [1.82, 2.24) is 0 Å². The molecule has 0 radical (unpaired) electrons. The van der Waals surface area contributed by atoms with Crippen LogP contribution in [-0.4, -0.2) is 6.29 Å². The second-order valence-electron chi connectivity index (χ2n) is 9.67. The molecule has 0 spiro atoms. The molecule has 1 atom stereocenters. The summed E-state index contributed by atoms with van der Waals surface area (Å²) >= 11 is 0. The van der Waals surface area contributed by atoms with Crippen LogP contribution in [0.25, 0.3) is 0 Å². The summed E-state index contributed by atoms with van der Waals surface area (Å²) in [5, 5.41) is 0. The number of rotatable bonds is 13. The molecule has 0 aromatic heterocycles. The third kappa shape index (κ3) is 10.4.